The molecule has 0 saturated heterocycles. The molecule has 0 spiro atoms. The second-order valence-electron chi connectivity index (χ2n) is 4.81. The molecule has 1 unspecified atom stereocenters. The van der Waals surface area contributed by atoms with Gasteiger partial charge in [-0.25, -0.2) is 0 Å². The molecule has 0 aliphatic heterocycles. The van der Waals surface area contributed by atoms with Crippen LogP contribution in [-0.2, 0) is 6.42 Å². The van der Waals surface area contributed by atoms with Crippen LogP contribution in [0.1, 0.15) is 17.3 Å². The van der Waals surface area contributed by atoms with Gasteiger partial charge in [-0.05, 0) is 39.7 Å². The third-order valence-corrected chi connectivity index (χ3v) is 3.91. The number of fused-ring (bicyclic) bond motifs is 1. The van der Waals surface area contributed by atoms with Gasteiger partial charge in [-0.15, -0.1) is 0 Å². The molecule has 0 amide bonds. The molecule has 21 heavy (non-hydrogen) atoms. The van der Waals surface area contributed by atoms with Crippen LogP contribution < -0.4 is 11.3 Å². The van der Waals surface area contributed by atoms with Crippen LogP contribution in [-0.4, -0.2) is 9.97 Å². The van der Waals surface area contributed by atoms with Crippen molar-refractivity contribution >= 4 is 26.8 Å². The molecular formula is C16H15BrN4. The van der Waals surface area contributed by atoms with Gasteiger partial charge < -0.3 is 0 Å². The number of rotatable bonds is 4. The highest BCUT2D eigenvalue weighted by atomic mass is 79.9. The number of halogens is 1. The Bertz CT molecular complexity index is 737. The predicted molar refractivity (Wildman–Crippen MR) is 87.4 cm³/mol. The largest absolute Gasteiger partial charge is 0.271 e. The summed E-state index contributed by atoms with van der Waals surface area (Å²) in [5.41, 5.74) is 5.92. The number of benzene rings is 1. The molecule has 0 aliphatic rings. The summed E-state index contributed by atoms with van der Waals surface area (Å²) in [4.78, 5) is 8.89. The van der Waals surface area contributed by atoms with Crippen LogP contribution in [0.3, 0.4) is 0 Å². The molecule has 3 N–H and O–H groups in total. The van der Waals surface area contributed by atoms with Gasteiger partial charge in [-0.2, -0.15) is 0 Å². The standard InChI is InChI=1S/C16H15BrN4/c17-12-6-7-13(20-10-12)9-15(21-18)14-5-1-3-11-4-2-8-19-16(11)14/h1-8,10,15,21H,9,18H2. The SMILES string of the molecule is NNC(Cc1ccc(Br)cn1)c1cccc2cccnc12. The zero-order chi connectivity index (χ0) is 14.7. The number of para-hydroxylation sites is 1. The molecule has 0 bridgehead atoms. The fourth-order valence-corrected chi connectivity index (χ4v) is 2.64. The van der Waals surface area contributed by atoms with Crippen molar-refractivity contribution in [1.82, 2.24) is 15.4 Å². The first-order valence-electron chi connectivity index (χ1n) is 6.68. The van der Waals surface area contributed by atoms with Crippen LogP contribution in [0.5, 0.6) is 0 Å². The minimum Gasteiger partial charge on any atom is -0.271 e. The zero-order valence-electron chi connectivity index (χ0n) is 11.3. The first-order valence-corrected chi connectivity index (χ1v) is 7.47. The Balaban J connectivity index is 1.96. The van der Waals surface area contributed by atoms with E-state index in [9.17, 15) is 0 Å². The van der Waals surface area contributed by atoms with E-state index in [1.165, 1.54) is 0 Å². The molecule has 0 radical (unpaired) electrons. The van der Waals surface area contributed by atoms with Gasteiger partial charge in [0.25, 0.3) is 0 Å². The molecule has 4 nitrogen and oxygen atoms in total. The lowest BCUT2D eigenvalue weighted by atomic mass is 9.99. The Hall–Kier alpha value is -1.82. The monoisotopic (exact) mass is 342 g/mol. The van der Waals surface area contributed by atoms with Gasteiger partial charge in [0.2, 0.25) is 0 Å². The summed E-state index contributed by atoms with van der Waals surface area (Å²) in [6, 6.07) is 14.1. The third kappa shape index (κ3) is 3.10. The quantitative estimate of drug-likeness (QED) is 0.564. The average Bonchev–Trinajstić information content (AvgIpc) is 2.54. The highest BCUT2D eigenvalue weighted by Crippen LogP contribution is 2.24. The fourth-order valence-electron chi connectivity index (χ4n) is 2.40. The van der Waals surface area contributed by atoms with Crippen LogP contribution in [0.25, 0.3) is 10.9 Å². The highest BCUT2D eigenvalue weighted by Gasteiger charge is 2.15. The lowest BCUT2D eigenvalue weighted by Gasteiger charge is -2.17. The van der Waals surface area contributed by atoms with Crippen LogP contribution in [0.4, 0.5) is 0 Å². The number of hydrazine groups is 1. The summed E-state index contributed by atoms with van der Waals surface area (Å²) in [5.74, 6) is 5.76. The normalized spacial score (nSPS) is 12.5. The second-order valence-corrected chi connectivity index (χ2v) is 5.73. The number of nitrogens with two attached hydrogens (primary N) is 1. The van der Waals surface area contributed by atoms with Crippen molar-refractivity contribution < 1.29 is 0 Å². The fraction of sp³-hybridized carbons (Fsp3) is 0.125. The van der Waals surface area contributed by atoms with Crippen molar-refractivity contribution in [3.63, 3.8) is 0 Å². The Morgan fingerprint density at radius 1 is 1.10 bits per heavy atom. The molecule has 0 fully saturated rings. The number of hydrogen-bond donors (Lipinski definition) is 2. The summed E-state index contributed by atoms with van der Waals surface area (Å²) in [7, 11) is 0. The van der Waals surface area contributed by atoms with Gasteiger partial charge in [0.1, 0.15) is 0 Å². The van der Waals surface area contributed by atoms with Crippen LogP contribution in [0.15, 0.2) is 59.3 Å². The Morgan fingerprint density at radius 3 is 2.71 bits per heavy atom. The van der Waals surface area contributed by atoms with Crippen LogP contribution in [0.2, 0.25) is 0 Å². The maximum Gasteiger partial charge on any atom is 0.0750 e. The topological polar surface area (TPSA) is 63.8 Å². The van der Waals surface area contributed by atoms with E-state index in [2.05, 4.69) is 49.5 Å². The van der Waals surface area contributed by atoms with E-state index in [-0.39, 0.29) is 6.04 Å². The van der Waals surface area contributed by atoms with Crippen molar-refractivity contribution in [1.29, 1.82) is 0 Å². The number of nitrogens with one attached hydrogen (secondary N) is 1. The lowest BCUT2D eigenvalue weighted by molar-refractivity contribution is 0.548. The van der Waals surface area contributed by atoms with Crippen molar-refractivity contribution in [2.45, 2.75) is 12.5 Å². The predicted octanol–water partition coefficient (Wildman–Crippen LogP) is 3.14. The number of aromatic nitrogens is 2. The molecule has 106 valence electrons. The molecule has 1 atom stereocenters. The van der Waals surface area contributed by atoms with E-state index >= 15 is 0 Å². The smallest absolute Gasteiger partial charge is 0.0750 e. The van der Waals surface area contributed by atoms with E-state index in [0.29, 0.717) is 6.42 Å². The van der Waals surface area contributed by atoms with Gasteiger partial charge in [0, 0.05) is 34.4 Å². The molecule has 1 aromatic carbocycles. The first kappa shape index (κ1) is 14.1. The minimum absolute atomic E-state index is 0.0303. The van der Waals surface area contributed by atoms with Crippen molar-refractivity contribution in [2.75, 3.05) is 0 Å². The van der Waals surface area contributed by atoms with Crippen molar-refractivity contribution in [3.05, 3.63) is 70.6 Å². The molecule has 2 aromatic heterocycles. The molecule has 2 heterocycles. The van der Waals surface area contributed by atoms with E-state index in [4.69, 9.17) is 5.84 Å². The molecule has 3 rings (SSSR count). The number of nitrogens with zero attached hydrogens (tertiary/aromatic N) is 2. The summed E-state index contributed by atoms with van der Waals surface area (Å²) in [6.45, 7) is 0. The summed E-state index contributed by atoms with van der Waals surface area (Å²) in [6.07, 6.45) is 4.31. The molecule has 3 aromatic rings. The van der Waals surface area contributed by atoms with Gasteiger partial charge >= 0.3 is 0 Å². The lowest BCUT2D eigenvalue weighted by Crippen LogP contribution is -2.30. The Kier molecular flexibility index (Phi) is 4.24. The summed E-state index contributed by atoms with van der Waals surface area (Å²) in [5, 5.41) is 1.11. The van der Waals surface area contributed by atoms with Crippen molar-refractivity contribution in [2.24, 2.45) is 5.84 Å². The highest BCUT2D eigenvalue weighted by molar-refractivity contribution is 9.10. The van der Waals surface area contributed by atoms with E-state index in [1.807, 2.05) is 24.3 Å². The third-order valence-electron chi connectivity index (χ3n) is 3.44. The summed E-state index contributed by atoms with van der Waals surface area (Å²) >= 11 is 3.39. The average molecular weight is 343 g/mol. The van der Waals surface area contributed by atoms with E-state index in [1.54, 1.807) is 12.4 Å². The number of pyridine rings is 2. The van der Waals surface area contributed by atoms with Gasteiger partial charge in [0.05, 0.1) is 11.6 Å². The van der Waals surface area contributed by atoms with Gasteiger partial charge in [-0.1, -0.05) is 24.3 Å². The summed E-state index contributed by atoms with van der Waals surface area (Å²) < 4.78 is 0.968. The van der Waals surface area contributed by atoms with Gasteiger partial charge in [0.15, 0.2) is 0 Å². The Labute approximate surface area is 131 Å². The van der Waals surface area contributed by atoms with E-state index in [0.717, 1.165) is 26.6 Å². The molecular weight excluding hydrogens is 328 g/mol. The maximum atomic E-state index is 5.76. The van der Waals surface area contributed by atoms with Gasteiger partial charge in [-0.3, -0.25) is 21.2 Å². The maximum absolute atomic E-state index is 5.76. The zero-order valence-corrected chi connectivity index (χ0v) is 12.9. The van der Waals surface area contributed by atoms with Crippen LogP contribution >= 0.6 is 15.9 Å². The van der Waals surface area contributed by atoms with E-state index < -0.39 is 0 Å². The Morgan fingerprint density at radius 2 is 1.95 bits per heavy atom. The molecule has 5 heteroatoms. The second kappa shape index (κ2) is 6.30. The van der Waals surface area contributed by atoms with Crippen molar-refractivity contribution in [3.8, 4) is 0 Å². The number of hydrogen-bond acceptors (Lipinski definition) is 4. The first-order chi connectivity index (χ1) is 10.3. The minimum atomic E-state index is -0.0303. The van der Waals surface area contributed by atoms with Crippen LogP contribution in [0, 0.1) is 0 Å². The molecule has 0 aliphatic carbocycles. The molecule has 0 saturated carbocycles.